The Kier molecular flexibility index (Phi) is 2.14. The van der Waals surface area contributed by atoms with Crippen LogP contribution >= 0.6 is 15.9 Å². The lowest BCUT2D eigenvalue weighted by Crippen LogP contribution is -2.53. The molecule has 0 unspecified atom stereocenters. The van der Waals surface area contributed by atoms with E-state index >= 15 is 0 Å². The Morgan fingerprint density at radius 2 is 2.50 bits per heavy atom. The maximum absolute atomic E-state index is 11.5. The summed E-state index contributed by atoms with van der Waals surface area (Å²) < 4.78 is 8.66. The van der Waals surface area contributed by atoms with E-state index in [1.54, 1.807) is 12.2 Å². The standard InChI is InChI=1S/C9H9BrO4/c1-13-7(11)6-4-5-2-3-9(6,10)8(12)14-5/h2-3,5-6H,4H2,1H3/t5-,6-,9-/m1/s1. The van der Waals surface area contributed by atoms with Crippen molar-refractivity contribution < 1.29 is 19.1 Å². The van der Waals surface area contributed by atoms with Crippen LogP contribution in [0.2, 0.25) is 0 Å². The normalized spacial score (nSPS) is 39.4. The first-order valence-corrected chi connectivity index (χ1v) is 5.04. The molecule has 0 aromatic rings. The third-order valence-corrected chi connectivity index (χ3v) is 3.73. The lowest BCUT2D eigenvalue weighted by atomic mass is 9.80. The molecule has 2 aliphatic heterocycles. The van der Waals surface area contributed by atoms with Crippen molar-refractivity contribution >= 4 is 27.9 Å². The molecule has 1 aliphatic carbocycles. The molecule has 3 aliphatic rings. The van der Waals surface area contributed by atoms with Crippen LogP contribution in [0.1, 0.15) is 6.42 Å². The second-order valence-corrected chi connectivity index (χ2v) is 4.69. The summed E-state index contributed by atoms with van der Waals surface area (Å²) >= 11 is 3.24. The average molecular weight is 261 g/mol. The summed E-state index contributed by atoms with van der Waals surface area (Å²) in [4.78, 5) is 22.9. The van der Waals surface area contributed by atoms with Crippen molar-refractivity contribution in [3.63, 3.8) is 0 Å². The van der Waals surface area contributed by atoms with Crippen molar-refractivity contribution in [3.05, 3.63) is 12.2 Å². The number of ether oxygens (including phenoxy) is 2. The molecule has 3 rings (SSSR count). The number of rotatable bonds is 1. The van der Waals surface area contributed by atoms with E-state index in [2.05, 4.69) is 20.7 Å². The number of alkyl halides is 1. The Bertz CT molecular complexity index is 325. The Labute approximate surface area is 89.4 Å². The van der Waals surface area contributed by atoms with E-state index in [1.165, 1.54) is 7.11 Å². The van der Waals surface area contributed by atoms with Crippen LogP contribution in [0.3, 0.4) is 0 Å². The minimum Gasteiger partial charge on any atom is -0.469 e. The first kappa shape index (κ1) is 9.71. The third-order valence-electron chi connectivity index (χ3n) is 2.59. The van der Waals surface area contributed by atoms with Crippen LogP contribution < -0.4 is 0 Å². The summed E-state index contributed by atoms with van der Waals surface area (Å²) in [7, 11) is 1.32. The van der Waals surface area contributed by atoms with Crippen molar-refractivity contribution in [1.29, 1.82) is 0 Å². The van der Waals surface area contributed by atoms with Gasteiger partial charge in [0.2, 0.25) is 0 Å². The lowest BCUT2D eigenvalue weighted by Gasteiger charge is -2.40. The molecule has 0 aromatic heterocycles. The number of carbonyl (C=O) groups excluding carboxylic acids is 2. The molecule has 0 saturated carbocycles. The molecule has 0 aromatic carbocycles. The van der Waals surface area contributed by atoms with Crippen LogP contribution in [0.5, 0.6) is 0 Å². The molecular formula is C9H9BrO4. The minimum absolute atomic E-state index is 0.286. The Morgan fingerprint density at radius 3 is 3.07 bits per heavy atom. The van der Waals surface area contributed by atoms with Gasteiger partial charge in [0, 0.05) is 6.42 Å². The Morgan fingerprint density at radius 1 is 1.79 bits per heavy atom. The van der Waals surface area contributed by atoms with Crippen LogP contribution in [-0.4, -0.2) is 29.5 Å². The summed E-state index contributed by atoms with van der Waals surface area (Å²) in [6.07, 6.45) is 3.66. The number of hydrogen-bond donors (Lipinski definition) is 0. The zero-order valence-electron chi connectivity index (χ0n) is 7.53. The smallest absolute Gasteiger partial charge is 0.328 e. The second kappa shape index (κ2) is 3.08. The topological polar surface area (TPSA) is 52.6 Å². The number of methoxy groups -OCH3 is 1. The molecule has 0 radical (unpaired) electrons. The number of halogens is 1. The molecule has 14 heavy (non-hydrogen) atoms. The summed E-state index contributed by atoms with van der Waals surface area (Å²) in [6, 6.07) is 0. The molecule has 0 N–H and O–H groups in total. The minimum atomic E-state index is -1.02. The number of hydrogen-bond acceptors (Lipinski definition) is 4. The van der Waals surface area contributed by atoms with Gasteiger partial charge in [-0.2, -0.15) is 0 Å². The van der Waals surface area contributed by atoms with E-state index in [0.29, 0.717) is 6.42 Å². The predicted octanol–water partition coefficient (Wildman–Crippen LogP) is 0.795. The first-order valence-electron chi connectivity index (χ1n) is 4.25. The summed E-state index contributed by atoms with van der Waals surface area (Å²) in [6.45, 7) is 0. The van der Waals surface area contributed by atoms with Gasteiger partial charge in [-0.3, -0.25) is 9.59 Å². The van der Waals surface area contributed by atoms with E-state index in [4.69, 9.17) is 4.74 Å². The average Bonchev–Trinajstić information content (AvgIpc) is 2.18. The fraction of sp³-hybridized carbons (Fsp3) is 0.556. The molecule has 1 saturated heterocycles. The van der Waals surface area contributed by atoms with E-state index in [0.717, 1.165) is 0 Å². The molecule has 2 bridgehead atoms. The molecule has 1 fully saturated rings. The third kappa shape index (κ3) is 1.19. The molecule has 5 heteroatoms. The van der Waals surface area contributed by atoms with Crippen LogP contribution in [0.25, 0.3) is 0 Å². The van der Waals surface area contributed by atoms with Crippen LogP contribution in [-0.2, 0) is 19.1 Å². The molecule has 76 valence electrons. The first-order chi connectivity index (χ1) is 6.58. The van der Waals surface area contributed by atoms with E-state index < -0.39 is 16.2 Å². The van der Waals surface area contributed by atoms with Crippen molar-refractivity contribution in [2.45, 2.75) is 16.8 Å². The van der Waals surface area contributed by atoms with Gasteiger partial charge < -0.3 is 9.47 Å². The maximum Gasteiger partial charge on any atom is 0.328 e. The van der Waals surface area contributed by atoms with E-state index in [9.17, 15) is 9.59 Å². The van der Waals surface area contributed by atoms with Crippen LogP contribution in [0.4, 0.5) is 0 Å². The van der Waals surface area contributed by atoms with Crippen molar-refractivity contribution in [1.82, 2.24) is 0 Å². The van der Waals surface area contributed by atoms with E-state index in [1.807, 2.05) is 0 Å². The quantitative estimate of drug-likeness (QED) is 0.398. The molecule has 4 nitrogen and oxygen atoms in total. The highest BCUT2D eigenvalue weighted by Gasteiger charge is 2.55. The van der Waals surface area contributed by atoms with Gasteiger partial charge in [0.15, 0.2) is 4.32 Å². The molecule has 0 amide bonds. The lowest BCUT2D eigenvalue weighted by molar-refractivity contribution is -0.167. The van der Waals surface area contributed by atoms with Gasteiger partial charge in [-0.1, -0.05) is 22.0 Å². The summed E-state index contributed by atoms with van der Waals surface area (Å²) in [5.41, 5.74) is 0. The highest BCUT2D eigenvalue weighted by Crippen LogP contribution is 2.43. The summed E-state index contributed by atoms with van der Waals surface area (Å²) in [5.74, 6) is -1.27. The zero-order chi connectivity index (χ0) is 10.3. The fourth-order valence-corrected chi connectivity index (χ4v) is 2.40. The van der Waals surface area contributed by atoms with Crippen LogP contribution in [0.15, 0.2) is 12.2 Å². The van der Waals surface area contributed by atoms with Crippen molar-refractivity contribution in [3.8, 4) is 0 Å². The van der Waals surface area contributed by atoms with Gasteiger partial charge in [-0.25, -0.2) is 0 Å². The second-order valence-electron chi connectivity index (χ2n) is 3.38. The maximum atomic E-state index is 11.5. The highest BCUT2D eigenvalue weighted by atomic mass is 79.9. The van der Waals surface area contributed by atoms with Gasteiger partial charge in [-0.05, 0) is 6.08 Å². The molecule has 3 atom stereocenters. The number of carbonyl (C=O) groups is 2. The Hall–Kier alpha value is -0.840. The van der Waals surface area contributed by atoms with Crippen molar-refractivity contribution in [2.24, 2.45) is 5.92 Å². The largest absolute Gasteiger partial charge is 0.469 e. The Balaban J connectivity index is 2.35. The SMILES string of the molecule is COC(=O)[C@H]1C[C@H]2C=C[C@]1(Br)C(=O)O2. The zero-order valence-corrected chi connectivity index (χ0v) is 9.11. The molecular weight excluding hydrogens is 252 g/mol. The van der Waals surface area contributed by atoms with Crippen LogP contribution in [0, 0.1) is 5.92 Å². The summed E-state index contributed by atoms with van der Waals surface area (Å²) in [5, 5.41) is 0. The molecule has 0 spiro atoms. The number of esters is 2. The predicted molar refractivity (Wildman–Crippen MR) is 50.8 cm³/mol. The molecule has 2 heterocycles. The van der Waals surface area contributed by atoms with Gasteiger partial charge in [0.1, 0.15) is 6.10 Å². The van der Waals surface area contributed by atoms with Gasteiger partial charge in [0.25, 0.3) is 0 Å². The van der Waals surface area contributed by atoms with Gasteiger partial charge in [-0.15, -0.1) is 0 Å². The number of fused-ring (bicyclic) bond motifs is 2. The monoisotopic (exact) mass is 260 g/mol. The van der Waals surface area contributed by atoms with Crippen molar-refractivity contribution in [2.75, 3.05) is 7.11 Å². The highest BCUT2D eigenvalue weighted by molar-refractivity contribution is 9.10. The van der Waals surface area contributed by atoms with Gasteiger partial charge >= 0.3 is 11.9 Å². The van der Waals surface area contributed by atoms with Gasteiger partial charge in [0.05, 0.1) is 13.0 Å². The fourth-order valence-electron chi connectivity index (χ4n) is 1.78. The van der Waals surface area contributed by atoms with E-state index in [-0.39, 0.29) is 12.1 Å².